The van der Waals surface area contributed by atoms with E-state index in [-0.39, 0.29) is 5.91 Å². The van der Waals surface area contributed by atoms with Crippen LogP contribution in [-0.2, 0) is 11.3 Å². The molecule has 0 saturated heterocycles. The van der Waals surface area contributed by atoms with Gasteiger partial charge in [0.2, 0.25) is 5.91 Å². The van der Waals surface area contributed by atoms with Crippen molar-refractivity contribution in [3.8, 4) is 0 Å². The lowest BCUT2D eigenvalue weighted by atomic mass is 10.1. The molecule has 0 aliphatic heterocycles. The van der Waals surface area contributed by atoms with E-state index in [1.165, 1.54) is 0 Å². The molecule has 0 spiro atoms. The minimum Gasteiger partial charge on any atom is -0.358 e. The monoisotopic (exact) mass is 226 g/mol. The van der Waals surface area contributed by atoms with E-state index in [4.69, 9.17) is 11.6 Å². The molecular weight excluding hydrogens is 212 g/mol. The molecule has 1 rings (SSSR count). The Morgan fingerprint density at radius 1 is 1.47 bits per heavy atom. The number of hydrogen-bond acceptors (Lipinski definition) is 2. The van der Waals surface area contributed by atoms with Crippen molar-refractivity contribution < 1.29 is 4.79 Å². The van der Waals surface area contributed by atoms with Crippen LogP contribution in [0.3, 0.4) is 0 Å². The molecule has 82 valence electrons. The number of hydrogen-bond donors (Lipinski definition) is 2. The van der Waals surface area contributed by atoms with E-state index < -0.39 is 0 Å². The van der Waals surface area contributed by atoms with Crippen molar-refractivity contribution in [1.29, 1.82) is 0 Å². The summed E-state index contributed by atoms with van der Waals surface area (Å²) in [7, 11) is 1.62. The third-order valence-electron chi connectivity index (χ3n) is 2.13. The van der Waals surface area contributed by atoms with Crippen LogP contribution in [0.15, 0.2) is 18.2 Å². The van der Waals surface area contributed by atoms with E-state index in [1.54, 1.807) is 7.05 Å². The van der Waals surface area contributed by atoms with Gasteiger partial charge in [-0.15, -0.1) is 0 Å². The highest BCUT2D eigenvalue weighted by Gasteiger charge is 1.99. The molecule has 0 aliphatic rings. The number of carbonyl (C=O) groups is 1. The van der Waals surface area contributed by atoms with Gasteiger partial charge in [0.25, 0.3) is 0 Å². The number of carbonyl (C=O) groups excluding carboxylic acids is 1. The lowest BCUT2D eigenvalue weighted by molar-refractivity contribution is -0.119. The van der Waals surface area contributed by atoms with Gasteiger partial charge in [-0.1, -0.05) is 23.7 Å². The van der Waals surface area contributed by atoms with E-state index >= 15 is 0 Å². The van der Waals surface area contributed by atoms with Crippen molar-refractivity contribution >= 4 is 17.5 Å². The second-order valence-corrected chi connectivity index (χ2v) is 3.77. The summed E-state index contributed by atoms with van der Waals surface area (Å²) in [4.78, 5) is 10.9. The Hall–Kier alpha value is -1.06. The molecule has 0 saturated carbocycles. The number of likely N-dealkylation sites (N-methyl/N-ethyl adjacent to an activating group) is 1. The number of rotatable bonds is 4. The smallest absolute Gasteiger partial charge is 0.233 e. The van der Waals surface area contributed by atoms with Crippen LogP contribution in [0, 0.1) is 6.92 Å². The Bertz CT molecular complexity index is 352. The molecule has 2 N–H and O–H groups in total. The summed E-state index contributed by atoms with van der Waals surface area (Å²) in [5.41, 5.74) is 2.14. The molecule has 3 nitrogen and oxygen atoms in total. The van der Waals surface area contributed by atoms with Crippen molar-refractivity contribution in [2.24, 2.45) is 0 Å². The Kier molecular flexibility index (Phi) is 4.59. The molecule has 1 aromatic rings. The van der Waals surface area contributed by atoms with Gasteiger partial charge in [-0.3, -0.25) is 4.79 Å². The van der Waals surface area contributed by atoms with Crippen LogP contribution < -0.4 is 10.6 Å². The van der Waals surface area contributed by atoms with Crippen molar-refractivity contribution in [2.45, 2.75) is 13.5 Å². The first-order valence-corrected chi connectivity index (χ1v) is 5.17. The number of amides is 1. The van der Waals surface area contributed by atoms with E-state index in [0.717, 1.165) is 16.1 Å². The van der Waals surface area contributed by atoms with E-state index in [9.17, 15) is 4.79 Å². The van der Waals surface area contributed by atoms with Crippen LogP contribution in [0.25, 0.3) is 0 Å². The summed E-state index contributed by atoms with van der Waals surface area (Å²) in [5, 5.41) is 6.33. The molecule has 1 aromatic carbocycles. The van der Waals surface area contributed by atoms with Gasteiger partial charge in [0.1, 0.15) is 0 Å². The summed E-state index contributed by atoms with van der Waals surface area (Å²) in [6.45, 7) is 2.93. The molecular formula is C11H15ClN2O. The van der Waals surface area contributed by atoms with Crippen molar-refractivity contribution in [3.63, 3.8) is 0 Å². The van der Waals surface area contributed by atoms with Gasteiger partial charge >= 0.3 is 0 Å². The van der Waals surface area contributed by atoms with Crippen LogP contribution in [0.4, 0.5) is 0 Å². The molecule has 15 heavy (non-hydrogen) atoms. The topological polar surface area (TPSA) is 41.1 Å². The second kappa shape index (κ2) is 5.73. The number of aryl methyl sites for hydroxylation is 1. The summed E-state index contributed by atoms with van der Waals surface area (Å²) in [6, 6.07) is 5.88. The minimum absolute atomic E-state index is 0.0202. The molecule has 0 aromatic heterocycles. The molecule has 0 heterocycles. The summed E-state index contributed by atoms with van der Waals surface area (Å²) in [6.07, 6.45) is 0. The van der Waals surface area contributed by atoms with Crippen LogP contribution in [0.1, 0.15) is 11.1 Å². The van der Waals surface area contributed by atoms with Crippen molar-refractivity contribution in [1.82, 2.24) is 10.6 Å². The van der Waals surface area contributed by atoms with Gasteiger partial charge in [0.15, 0.2) is 0 Å². The fourth-order valence-corrected chi connectivity index (χ4v) is 1.36. The Morgan fingerprint density at radius 3 is 2.80 bits per heavy atom. The highest BCUT2D eigenvalue weighted by Crippen LogP contribution is 2.16. The molecule has 1 amide bonds. The van der Waals surface area contributed by atoms with Gasteiger partial charge < -0.3 is 10.6 Å². The van der Waals surface area contributed by atoms with Gasteiger partial charge in [-0.2, -0.15) is 0 Å². The zero-order chi connectivity index (χ0) is 11.3. The summed E-state index contributed by atoms with van der Waals surface area (Å²) >= 11 is 5.98. The maximum absolute atomic E-state index is 10.9. The zero-order valence-electron chi connectivity index (χ0n) is 8.93. The van der Waals surface area contributed by atoms with E-state index in [1.807, 2.05) is 25.1 Å². The summed E-state index contributed by atoms with van der Waals surface area (Å²) < 4.78 is 0. The molecule has 0 fully saturated rings. The maximum Gasteiger partial charge on any atom is 0.233 e. The predicted octanol–water partition coefficient (Wildman–Crippen LogP) is 1.48. The fraction of sp³-hybridized carbons (Fsp3) is 0.364. The molecule has 0 bridgehead atoms. The first kappa shape index (κ1) is 12.0. The molecule has 0 aliphatic carbocycles. The van der Waals surface area contributed by atoms with Crippen LogP contribution in [0.5, 0.6) is 0 Å². The number of halogens is 1. The largest absolute Gasteiger partial charge is 0.358 e. The third-order valence-corrected chi connectivity index (χ3v) is 2.54. The van der Waals surface area contributed by atoms with E-state index in [2.05, 4.69) is 10.6 Å². The lowest BCUT2D eigenvalue weighted by Gasteiger charge is -2.05. The summed E-state index contributed by atoms with van der Waals surface area (Å²) in [5.74, 6) is -0.0202. The molecule has 0 atom stereocenters. The molecule has 0 unspecified atom stereocenters. The molecule has 4 heteroatoms. The van der Waals surface area contributed by atoms with E-state index in [0.29, 0.717) is 13.1 Å². The predicted molar refractivity (Wildman–Crippen MR) is 62.0 cm³/mol. The van der Waals surface area contributed by atoms with Gasteiger partial charge in [-0.25, -0.2) is 0 Å². The Morgan fingerprint density at radius 2 is 2.20 bits per heavy atom. The Balaban J connectivity index is 2.44. The quantitative estimate of drug-likeness (QED) is 0.817. The van der Waals surface area contributed by atoms with Crippen LogP contribution >= 0.6 is 11.6 Å². The molecule has 0 radical (unpaired) electrons. The number of nitrogens with one attached hydrogen (secondary N) is 2. The maximum atomic E-state index is 10.9. The standard InChI is InChI=1S/C11H15ClN2O/c1-8-3-4-9(5-10(8)12)6-14-7-11(15)13-2/h3-5,14H,6-7H2,1-2H3,(H,13,15). The van der Waals surface area contributed by atoms with Crippen molar-refractivity contribution in [3.05, 3.63) is 34.3 Å². The zero-order valence-corrected chi connectivity index (χ0v) is 9.69. The fourth-order valence-electron chi connectivity index (χ4n) is 1.16. The lowest BCUT2D eigenvalue weighted by Crippen LogP contribution is -2.30. The highest BCUT2D eigenvalue weighted by atomic mass is 35.5. The second-order valence-electron chi connectivity index (χ2n) is 3.36. The average molecular weight is 227 g/mol. The first-order valence-electron chi connectivity index (χ1n) is 4.80. The first-order chi connectivity index (χ1) is 7.13. The number of benzene rings is 1. The Labute approximate surface area is 94.8 Å². The highest BCUT2D eigenvalue weighted by molar-refractivity contribution is 6.31. The van der Waals surface area contributed by atoms with Crippen LogP contribution in [0.2, 0.25) is 5.02 Å². The van der Waals surface area contributed by atoms with Gasteiger partial charge in [0, 0.05) is 18.6 Å². The minimum atomic E-state index is -0.0202. The van der Waals surface area contributed by atoms with Gasteiger partial charge in [-0.05, 0) is 24.1 Å². The van der Waals surface area contributed by atoms with Gasteiger partial charge in [0.05, 0.1) is 6.54 Å². The van der Waals surface area contributed by atoms with Crippen LogP contribution in [-0.4, -0.2) is 19.5 Å². The SMILES string of the molecule is CNC(=O)CNCc1ccc(C)c(Cl)c1. The van der Waals surface area contributed by atoms with Crippen molar-refractivity contribution in [2.75, 3.05) is 13.6 Å². The third kappa shape index (κ3) is 3.90. The average Bonchev–Trinajstić information content (AvgIpc) is 2.23. The normalized spacial score (nSPS) is 10.1.